The average molecular weight is 338 g/mol. The fourth-order valence-electron chi connectivity index (χ4n) is 1.95. The molecule has 0 aromatic heterocycles. The predicted octanol–water partition coefficient (Wildman–Crippen LogP) is 4.50. The Kier molecular flexibility index (Phi) is 4.78. The molecular formula is C16H17BrFNO. The molecule has 0 unspecified atom stereocenters. The van der Waals surface area contributed by atoms with Gasteiger partial charge in [-0.1, -0.05) is 23.8 Å². The zero-order chi connectivity index (χ0) is 14.7. The molecule has 0 bridgehead atoms. The summed E-state index contributed by atoms with van der Waals surface area (Å²) in [6, 6.07) is 10.7. The van der Waals surface area contributed by atoms with E-state index in [1.165, 1.54) is 6.07 Å². The van der Waals surface area contributed by atoms with Gasteiger partial charge in [-0.15, -0.1) is 0 Å². The number of rotatable bonds is 4. The highest BCUT2D eigenvalue weighted by molar-refractivity contribution is 9.10. The number of halogens is 2. The van der Waals surface area contributed by atoms with E-state index in [-0.39, 0.29) is 11.9 Å². The molecule has 0 radical (unpaired) electrons. The predicted molar refractivity (Wildman–Crippen MR) is 82.2 cm³/mol. The lowest BCUT2D eigenvalue weighted by atomic mass is 10.1. The summed E-state index contributed by atoms with van der Waals surface area (Å²) in [5, 5.41) is 0. The molecule has 0 heterocycles. The summed E-state index contributed by atoms with van der Waals surface area (Å²) in [6.07, 6.45) is 0. The van der Waals surface area contributed by atoms with Crippen LogP contribution < -0.4 is 10.5 Å². The summed E-state index contributed by atoms with van der Waals surface area (Å²) in [4.78, 5) is 0. The van der Waals surface area contributed by atoms with Gasteiger partial charge in [0.1, 0.15) is 18.2 Å². The van der Waals surface area contributed by atoms with Crippen molar-refractivity contribution in [3.8, 4) is 5.75 Å². The van der Waals surface area contributed by atoms with E-state index in [0.29, 0.717) is 11.1 Å². The molecule has 0 aliphatic rings. The van der Waals surface area contributed by atoms with Gasteiger partial charge in [-0.25, -0.2) is 4.39 Å². The molecule has 2 rings (SSSR count). The first kappa shape index (κ1) is 15.0. The van der Waals surface area contributed by atoms with Crippen molar-refractivity contribution >= 4 is 15.9 Å². The Hall–Kier alpha value is -1.39. The molecule has 1 atom stereocenters. The number of hydrogen-bond donors (Lipinski definition) is 1. The smallest absolute Gasteiger partial charge is 0.137 e. The van der Waals surface area contributed by atoms with Gasteiger partial charge in [-0.3, -0.25) is 0 Å². The minimum absolute atomic E-state index is 0.0927. The fraction of sp³-hybridized carbons (Fsp3) is 0.250. The Morgan fingerprint density at radius 1 is 1.25 bits per heavy atom. The van der Waals surface area contributed by atoms with Crippen molar-refractivity contribution in [1.29, 1.82) is 0 Å². The second kappa shape index (κ2) is 6.37. The van der Waals surface area contributed by atoms with Crippen LogP contribution in [0.4, 0.5) is 4.39 Å². The van der Waals surface area contributed by atoms with E-state index in [9.17, 15) is 4.39 Å². The molecule has 2 N–H and O–H groups in total. The summed E-state index contributed by atoms with van der Waals surface area (Å²) >= 11 is 3.17. The third kappa shape index (κ3) is 3.58. The number of hydrogen-bond acceptors (Lipinski definition) is 2. The van der Waals surface area contributed by atoms with Crippen molar-refractivity contribution < 1.29 is 9.13 Å². The second-order valence-electron chi connectivity index (χ2n) is 4.87. The van der Waals surface area contributed by atoms with Crippen LogP contribution in [-0.2, 0) is 6.61 Å². The van der Waals surface area contributed by atoms with Crippen molar-refractivity contribution in [3.63, 3.8) is 0 Å². The highest BCUT2D eigenvalue weighted by atomic mass is 79.9. The van der Waals surface area contributed by atoms with E-state index in [1.807, 2.05) is 32.0 Å². The van der Waals surface area contributed by atoms with Gasteiger partial charge in [0.15, 0.2) is 0 Å². The normalized spacial score (nSPS) is 12.2. The Bertz CT molecular complexity index is 613. The largest absolute Gasteiger partial charge is 0.489 e. The van der Waals surface area contributed by atoms with Crippen molar-refractivity contribution in [3.05, 3.63) is 63.4 Å². The zero-order valence-corrected chi connectivity index (χ0v) is 13.1. The van der Waals surface area contributed by atoms with E-state index in [1.54, 1.807) is 12.1 Å². The molecule has 2 nitrogen and oxygen atoms in total. The maximum absolute atomic E-state index is 13.2. The Morgan fingerprint density at radius 2 is 2.00 bits per heavy atom. The van der Waals surface area contributed by atoms with Gasteiger partial charge < -0.3 is 10.5 Å². The van der Waals surface area contributed by atoms with Crippen LogP contribution in [0.25, 0.3) is 0 Å². The van der Waals surface area contributed by atoms with Crippen LogP contribution in [0.5, 0.6) is 5.75 Å². The standard InChI is InChI=1S/C16H17BrFNO/c1-10-3-6-16(13(7-10)11(2)19)20-9-12-4-5-15(18)14(17)8-12/h3-8,11H,9,19H2,1-2H3/t11-/m0/s1. The summed E-state index contributed by atoms with van der Waals surface area (Å²) in [5.41, 5.74) is 8.98. The minimum Gasteiger partial charge on any atom is -0.489 e. The molecule has 0 amide bonds. The maximum atomic E-state index is 13.2. The van der Waals surface area contributed by atoms with Gasteiger partial charge >= 0.3 is 0 Å². The molecule has 0 saturated heterocycles. The van der Waals surface area contributed by atoms with Crippen LogP contribution in [0, 0.1) is 12.7 Å². The van der Waals surface area contributed by atoms with Crippen molar-refractivity contribution in [2.75, 3.05) is 0 Å². The molecule has 4 heteroatoms. The van der Waals surface area contributed by atoms with Crippen LogP contribution in [-0.4, -0.2) is 0 Å². The van der Waals surface area contributed by atoms with Crippen LogP contribution in [0.3, 0.4) is 0 Å². The van der Waals surface area contributed by atoms with Gasteiger partial charge in [-0.2, -0.15) is 0 Å². The third-order valence-electron chi connectivity index (χ3n) is 3.03. The monoisotopic (exact) mass is 337 g/mol. The first-order chi connectivity index (χ1) is 9.47. The van der Waals surface area contributed by atoms with E-state index in [2.05, 4.69) is 15.9 Å². The Morgan fingerprint density at radius 3 is 2.65 bits per heavy atom. The number of ether oxygens (including phenoxy) is 1. The van der Waals surface area contributed by atoms with E-state index in [4.69, 9.17) is 10.5 Å². The van der Waals surface area contributed by atoms with Crippen molar-refractivity contribution in [2.24, 2.45) is 5.73 Å². The lowest BCUT2D eigenvalue weighted by Crippen LogP contribution is -2.08. The molecular weight excluding hydrogens is 321 g/mol. The highest BCUT2D eigenvalue weighted by Gasteiger charge is 2.09. The maximum Gasteiger partial charge on any atom is 0.137 e. The fourth-order valence-corrected chi connectivity index (χ4v) is 2.37. The van der Waals surface area contributed by atoms with Crippen LogP contribution in [0.15, 0.2) is 40.9 Å². The first-order valence-electron chi connectivity index (χ1n) is 6.40. The van der Waals surface area contributed by atoms with Gasteiger partial charge in [0.25, 0.3) is 0 Å². The minimum atomic E-state index is -0.277. The zero-order valence-electron chi connectivity index (χ0n) is 11.5. The highest BCUT2D eigenvalue weighted by Crippen LogP contribution is 2.26. The number of nitrogens with two attached hydrogens (primary N) is 1. The SMILES string of the molecule is Cc1ccc(OCc2ccc(F)c(Br)c2)c([C@H](C)N)c1. The lowest BCUT2D eigenvalue weighted by Gasteiger charge is -2.15. The third-order valence-corrected chi connectivity index (χ3v) is 3.64. The van der Waals surface area contributed by atoms with Crippen molar-refractivity contribution in [2.45, 2.75) is 26.5 Å². The van der Waals surface area contributed by atoms with Gasteiger partial charge in [-0.05, 0) is 53.5 Å². The quantitative estimate of drug-likeness (QED) is 0.891. The van der Waals surface area contributed by atoms with E-state index < -0.39 is 0 Å². The van der Waals surface area contributed by atoms with E-state index in [0.717, 1.165) is 22.4 Å². The van der Waals surface area contributed by atoms with Crippen LogP contribution >= 0.6 is 15.9 Å². The average Bonchev–Trinajstić information content (AvgIpc) is 2.41. The molecule has 2 aromatic rings. The molecule has 2 aromatic carbocycles. The van der Waals surface area contributed by atoms with Crippen LogP contribution in [0.1, 0.15) is 29.7 Å². The molecule has 0 aliphatic heterocycles. The second-order valence-corrected chi connectivity index (χ2v) is 5.72. The summed E-state index contributed by atoms with van der Waals surface area (Å²) < 4.78 is 19.4. The topological polar surface area (TPSA) is 35.2 Å². The molecule has 0 aliphatic carbocycles. The number of benzene rings is 2. The molecule has 0 fully saturated rings. The van der Waals surface area contributed by atoms with Gasteiger partial charge in [0.05, 0.1) is 4.47 Å². The van der Waals surface area contributed by atoms with Crippen LogP contribution in [0.2, 0.25) is 0 Å². The summed E-state index contributed by atoms with van der Waals surface area (Å²) in [7, 11) is 0. The molecule has 0 saturated carbocycles. The Balaban J connectivity index is 2.16. The van der Waals surface area contributed by atoms with Gasteiger partial charge in [0.2, 0.25) is 0 Å². The van der Waals surface area contributed by atoms with Gasteiger partial charge in [0, 0.05) is 11.6 Å². The van der Waals surface area contributed by atoms with Crippen molar-refractivity contribution in [1.82, 2.24) is 0 Å². The molecule has 20 heavy (non-hydrogen) atoms. The lowest BCUT2D eigenvalue weighted by molar-refractivity contribution is 0.301. The molecule has 106 valence electrons. The number of aryl methyl sites for hydroxylation is 1. The molecule has 0 spiro atoms. The Labute approximate surface area is 126 Å². The summed E-state index contributed by atoms with van der Waals surface area (Å²) in [5.74, 6) is 0.492. The summed E-state index contributed by atoms with van der Waals surface area (Å²) in [6.45, 7) is 4.32. The van der Waals surface area contributed by atoms with E-state index >= 15 is 0 Å². The first-order valence-corrected chi connectivity index (χ1v) is 7.19.